The molecule has 0 heterocycles. The van der Waals surface area contributed by atoms with Crippen molar-refractivity contribution in [3.8, 4) is 0 Å². The van der Waals surface area contributed by atoms with Gasteiger partial charge in [0.1, 0.15) is 0 Å². The highest BCUT2D eigenvalue weighted by Gasteiger charge is 2.23. The number of aliphatic hydroxyl groups is 1. The molecule has 2 nitrogen and oxygen atoms in total. The lowest BCUT2D eigenvalue weighted by atomic mass is 10.1. The SMILES string of the molecule is CC.CC(C)NCC1CCC(CO)C1. The first kappa shape index (κ1) is 13.9. The quantitative estimate of drug-likeness (QED) is 0.732. The molecule has 2 N–H and O–H groups in total. The molecule has 1 rings (SSSR count). The highest BCUT2D eigenvalue weighted by molar-refractivity contribution is 4.76. The lowest BCUT2D eigenvalue weighted by Crippen LogP contribution is -2.28. The molecule has 0 aromatic heterocycles. The van der Waals surface area contributed by atoms with Crippen molar-refractivity contribution in [3.63, 3.8) is 0 Å². The Labute approximate surface area is 89.1 Å². The zero-order chi connectivity index (χ0) is 11.0. The molecule has 0 spiro atoms. The molecule has 2 unspecified atom stereocenters. The van der Waals surface area contributed by atoms with Crippen molar-refractivity contribution in [1.82, 2.24) is 5.32 Å². The Bertz CT molecular complexity index is 125. The Morgan fingerprint density at radius 2 is 1.79 bits per heavy atom. The van der Waals surface area contributed by atoms with Gasteiger partial charge in [0.05, 0.1) is 0 Å². The maximum atomic E-state index is 8.94. The van der Waals surface area contributed by atoms with Crippen molar-refractivity contribution in [2.45, 2.75) is 53.0 Å². The van der Waals surface area contributed by atoms with Gasteiger partial charge in [-0.15, -0.1) is 0 Å². The molecule has 1 saturated carbocycles. The van der Waals surface area contributed by atoms with E-state index in [9.17, 15) is 0 Å². The monoisotopic (exact) mass is 201 g/mol. The smallest absolute Gasteiger partial charge is 0.0459 e. The maximum absolute atomic E-state index is 8.94. The van der Waals surface area contributed by atoms with Crippen LogP contribution in [0.5, 0.6) is 0 Å². The lowest BCUT2D eigenvalue weighted by Gasteiger charge is -2.13. The minimum Gasteiger partial charge on any atom is -0.396 e. The van der Waals surface area contributed by atoms with Gasteiger partial charge >= 0.3 is 0 Å². The van der Waals surface area contributed by atoms with Crippen LogP contribution in [0.4, 0.5) is 0 Å². The van der Waals surface area contributed by atoms with Crippen LogP contribution in [0.25, 0.3) is 0 Å². The minimum absolute atomic E-state index is 0.387. The number of hydrogen-bond donors (Lipinski definition) is 2. The number of hydrogen-bond acceptors (Lipinski definition) is 2. The third-order valence-electron chi connectivity index (χ3n) is 2.72. The highest BCUT2D eigenvalue weighted by atomic mass is 16.3. The van der Waals surface area contributed by atoms with E-state index >= 15 is 0 Å². The van der Waals surface area contributed by atoms with Crippen LogP contribution >= 0.6 is 0 Å². The van der Waals surface area contributed by atoms with Crippen LogP contribution in [0.15, 0.2) is 0 Å². The van der Waals surface area contributed by atoms with Gasteiger partial charge in [-0.25, -0.2) is 0 Å². The van der Waals surface area contributed by atoms with E-state index in [1.807, 2.05) is 13.8 Å². The number of aliphatic hydroxyl groups excluding tert-OH is 1. The normalized spacial score (nSPS) is 26.1. The second-order valence-corrected chi connectivity index (χ2v) is 4.29. The van der Waals surface area contributed by atoms with E-state index < -0.39 is 0 Å². The fourth-order valence-corrected chi connectivity index (χ4v) is 1.93. The van der Waals surface area contributed by atoms with Crippen molar-refractivity contribution in [1.29, 1.82) is 0 Å². The van der Waals surface area contributed by atoms with Gasteiger partial charge < -0.3 is 10.4 Å². The van der Waals surface area contributed by atoms with Crippen LogP contribution in [0.3, 0.4) is 0 Å². The molecular formula is C12H27NO. The fraction of sp³-hybridized carbons (Fsp3) is 1.00. The third kappa shape index (κ3) is 5.61. The topological polar surface area (TPSA) is 32.3 Å². The van der Waals surface area contributed by atoms with E-state index in [4.69, 9.17) is 5.11 Å². The summed E-state index contributed by atoms with van der Waals surface area (Å²) in [5.41, 5.74) is 0. The van der Waals surface area contributed by atoms with Crippen molar-refractivity contribution in [2.75, 3.05) is 13.2 Å². The summed E-state index contributed by atoms with van der Waals surface area (Å²) in [6, 6.07) is 0.596. The molecule has 2 heteroatoms. The van der Waals surface area contributed by atoms with E-state index in [1.165, 1.54) is 19.3 Å². The molecule has 86 valence electrons. The minimum atomic E-state index is 0.387. The van der Waals surface area contributed by atoms with Crippen LogP contribution in [0.1, 0.15) is 47.0 Å². The Morgan fingerprint density at radius 3 is 2.21 bits per heavy atom. The van der Waals surface area contributed by atoms with Gasteiger partial charge in [0.2, 0.25) is 0 Å². The average Bonchev–Trinajstić information content (AvgIpc) is 2.65. The van der Waals surface area contributed by atoms with Crippen molar-refractivity contribution in [2.24, 2.45) is 11.8 Å². The van der Waals surface area contributed by atoms with E-state index in [0.717, 1.165) is 12.5 Å². The van der Waals surface area contributed by atoms with Gasteiger partial charge in [-0.3, -0.25) is 0 Å². The summed E-state index contributed by atoms with van der Waals surface area (Å²) < 4.78 is 0. The molecule has 0 saturated heterocycles. The van der Waals surface area contributed by atoms with Crippen LogP contribution in [-0.2, 0) is 0 Å². The predicted octanol–water partition coefficient (Wildman–Crippen LogP) is 2.42. The third-order valence-corrected chi connectivity index (χ3v) is 2.72. The molecule has 0 aromatic rings. The molecule has 0 aromatic carbocycles. The molecule has 2 atom stereocenters. The van der Waals surface area contributed by atoms with Crippen LogP contribution in [0, 0.1) is 11.8 Å². The van der Waals surface area contributed by atoms with Crippen molar-refractivity contribution < 1.29 is 5.11 Å². The molecule has 1 fully saturated rings. The summed E-state index contributed by atoms with van der Waals surface area (Å²) in [7, 11) is 0. The summed E-state index contributed by atoms with van der Waals surface area (Å²) in [6.07, 6.45) is 3.74. The number of rotatable bonds is 4. The average molecular weight is 201 g/mol. The Kier molecular flexibility index (Phi) is 8.20. The summed E-state index contributed by atoms with van der Waals surface area (Å²) in [5, 5.41) is 12.4. The number of nitrogens with one attached hydrogen (secondary N) is 1. The van der Waals surface area contributed by atoms with Crippen molar-refractivity contribution in [3.05, 3.63) is 0 Å². The molecule has 1 aliphatic carbocycles. The lowest BCUT2D eigenvalue weighted by molar-refractivity contribution is 0.225. The zero-order valence-electron chi connectivity index (χ0n) is 10.2. The molecule has 0 aliphatic heterocycles. The summed E-state index contributed by atoms with van der Waals surface area (Å²) in [4.78, 5) is 0. The van der Waals surface area contributed by atoms with Gasteiger partial charge in [-0.1, -0.05) is 27.7 Å². The Balaban J connectivity index is 0.000000791. The second kappa shape index (κ2) is 8.25. The predicted molar refractivity (Wildman–Crippen MR) is 62.4 cm³/mol. The zero-order valence-corrected chi connectivity index (χ0v) is 10.2. The van der Waals surface area contributed by atoms with E-state index in [-0.39, 0.29) is 0 Å². The summed E-state index contributed by atoms with van der Waals surface area (Å²) >= 11 is 0. The second-order valence-electron chi connectivity index (χ2n) is 4.29. The Morgan fingerprint density at radius 1 is 1.21 bits per heavy atom. The molecule has 1 aliphatic rings. The first-order valence-corrected chi connectivity index (χ1v) is 6.06. The standard InChI is InChI=1S/C10H21NO.C2H6/c1-8(2)11-6-9-3-4-10(5-9)7-12;1-2/h8-12H,3-7H2,1-2H3;1-2H3. The van der Waals surface area contributed by atoms with E-state index in [0.29, 0.717) is 18.6 Å². The molecular weight excluding hydrogens is 174 g/mol. The fourth-order valence-electron chi connectivity index (χ4n) is 1.93. The first-order valence-electron chi connectivity index (χ1n) is 6.06. The first-order chi connectivity index (χ1) is 6.72. The van der Waals surface area contributed by atoms with E-state index in [1.54, 1.807) is 0 Å². The van der Waals surface area contributed by atoms with Crippen LogP contribution < -0.4 is 5.32 Å². The van der Waals surface area contributed by atoms with Gasteiger partial charge in [-0.05, 0) is 37.6 Å². The Hall–Kier alpha value is -0.0800. The molecule has 0 amide bonds. The summed E-state index contributed by atoms with van der Waals surface area (Å²) in [6.45, 7) is 9.88. The summed E-state index contributed by atoms with van der Waals surface area (Å²) in [5.74, 6) is 1.40. The van der Waals surface area contributed by atoms with Gasteiger partial charge in [0, 0.05) is 12.6 Å². The maximum Gasteiger partial charge on any atom is 0.0459 e. The van der Waals surface area contributed by atoms with Crippen LogP contribution in [0.2, 0.25) is 0 Å². The van der Waals surface area contributed by atoms with Gasteiger partial charge in [0.25, 0.3) is 0 Å². The van der Waals surface area contributed by atoms with Gasteiger partial charge in [-0.2, -0.15) is 0 Å². The van der Waals surface area contributed by atoms with E-state index in [2.05, 4.69) is 19.2 Å². The molecule has 0 radical (unpaired) electrons. The molecule has 14 heavy (non-hydrogen) atoms. The largest absolute Gasteiger partial charge is 0.396 e. The van der Waals surface area contributed by atoms with Crippen LogP contribution in [-0.4, -0.2) is 24.3 Å². The van der Waals surface area contributed by atoms with Crippen molar-refractivity contribution >= 4 is 0 Å². The van der Waals surface area contributed by atoms with Gasteiger partial charge in [0.15, 0.2) is 0 Å². The molecule has 0 bridgehead atoms. The highest BCUT2D eigenvalue weighted by Crippen LogP contribution is 2.29.